The van der Waals surface area contributed by atoms with Crippen molar-refractivity contribution in [2.45, 2.75) is 25.2 Å². The average Bonchev–Trinajstić information content (AvgIpc) is 2.96. The van der Waals surface area contributed by atoms with Gasteiger partial charge in [-0.2, -0.15) is 0 Å². The summed E-state index contributed by atoms with van der Waals surface area (Å²) < 4.78 is 26.1. The quantitative estimate of drug-likeness (QED) is 0.487. The second-order valence-electron chi connectivity index (χ2n) is 9.17. The van der Waals surface area contributed by atoms with E-state index in [0.29, 0.717) is 23.4 Å². The minimum Gasteiger partial charge on any atom is -0.284 e. The van der Waals surface area contributed by atoms with Gasteiger partial charge in [0.15, 0.2) is 0 Å². The van der Waals surface area contributed by atoms with Gasteiger partial charge in [-0.15, -0.1) is 0 Å². The third-order valence-electron chi connectivity index (χ3n) is 6.87. The summed E-state index contributed by atoms with van der Waals surface area (Å²) >= 11 is 0. The van der Waals surface area contributed by atoms with Crippen molar-refractivity contribution in [3.63, 3.8) is 0 Å². The predicted molar refractivity (Wildman–Crippen MR) is 137 cm³/mol. The van der Waals surface area contributed by atoms with Crippen LogP contribution in [0.25, 0.3) is 11.1 Å². The molecule has 1 N–H and O–H groups in total. The molecule has 0 aliphatic heterocycles. The second kappa shape index (κ2) is 9.03. The number of nitrogens with one attached hydrogen (secondary N) is 1. The van der Waals surface area contributed by atoms with E-state index in [1.54, 1.807) is 0 Å². The highest BCUT2D eigenvalue weighted by Crippen LogP contribution is 2.45. The molecule has 168 valence electrons. The topological polar surface area (TPSA) is 46.2 Å². The molecule has 0 radical (unpaired) electrons. The van der Waals surface area contributed by atoms with Gasteiger partial charge >= 0.3 is 0 Å². The number of hydrogen-bond donors (Lipinski definition) is 1. The highest BCUT2D eigenvalue weighted by molar-refractivity contribution is 7.92. The zero-order valence-corrected chi connectivity index (χ0v) is 19.6. The summed E-state index contributed by atoms with van der Waals surface area (Å²) in [5.74, 6) is 1.26. The first-order chi connectivity index (χ1) is 16.0. The maximum Gasteiger partial charge on any atom is 0.229 e. The smallest absolute Gasteiger partial charge is 0.229 e. The molecule has 33 heavy (non-hydrogen) atoms. The first-order valence-electron chi connectivity index (χ1n) is 11.6. The lowest BCUT2D eigenvalue weighted by atomic mass is 9.73. The van der Waals surface area contributed by atoms with Crippen molar-refractivity contribution in [1.82, 2.24) is 0 Å². The molecule has 3 atom stereocenters. The molecule has 3 unspecified atom stereocenters. The summed E-state index contributed by atoms with van der Waals surface area (Å²) in [5.41, 5.74) is 7.24. The van der Waals surface area contributed by atoms with Gasteiger partial charge in [0.1, 0.15) is 0 Å². The number of anilines is 1. The molecule has 3 aromatic rings. The van der Waals surface area contributed by atoms with Crippen LogP contribution in [0.15, 0.2) is 97.1 Å². The Labute approximate surface area is 196 Å². The highest BCUT2D eigenvalue weighted by atomic mass is 32.2. The van der Waals surface area contributed by atoms with Crippen LogP contribution in [0.5, 0.6) is 0 Å². The first kappa shape index (κ1) is 21.7. The number of benzene rings is 3. The molecule has 3 aromatic carbocycles. The summed E-state index contributed by atoms with van der Waals surface area (Å²) in [6.45, 7) is 0. The van der Waals surface area contributed by atoms with Gasteiger partial charge in [-0.25, -0.2) is 8.42 Å². The molecule has 0 aromatic heterocycles. The van der Waals surface area contributed by atoms with Crippen LogP contribution in [-0.4, -0.2) is 14.7 Å². The maximum absolute atomic E-state index is 11.7. The summed E-state index contributed by atoms with van der Waals surface area (Å²) in [6, 6.07) is 25.3. The van der Waals surface area contributed by atoms with Gasteiger partial charge in [0, 0.05) is 5.69 Å². The standard InChI is InChI=1S/C29H29NO2S/c1-33(31,32)30-24-13-7-9-21(19-24)20-29-26-14-6-5-12-23(26)17-18-28-25(15-8-16-27(28)29)22-10-3-2-4-11-22/h2-16,19,23,26,29-30H,17-18,20H2,1H3. The van der Waals surface area contributed by atoms with Crippen molar-refractivity contribution in [3.05, 3.63) is 114 Å². The summed E-state index contributed by atoms with van der Waals surface area (Å²) in [4.78, 5) is 0. The minimum absolute atomic E-state index is 0.325. The number of sulfonamides is 1. The van der Waals surface area contributed by atoms with Crippen LogP contribution in [0.3, 0.4) is 0 Å². The van der Waals surface area contributed by atoms with E-state index >= 15 is 0 Å². The first-order valence-corrected chi connectivity index (χ1v) is 13.5. The maximum atomic E-state index is 11.7. The van der Waals surface area contributed by atoms with E-state index in [4.69, 9.17) is 0 Å². The van der Waals surface area contributed by atoms with Crippen LogP contribution >= 0.6 is 0 Å². The van der Waals surface area contributed by atoms with Gasteiger partial charge in [0.2, 0.25) is 10.0 Å². The molecule has 0 saturated heterocycles. The minimum atomic E-state index is -3.31. The van der Waals surface area contributed by atoms with E-state index in [9.17, 15) is 8.42 Å². The van der Waals surface area contributed by atoms with Crippen LogP contribution in [-0.2, 0) is 22.9 Å². The Bertz CT molecular complexity index is 1310. The molecular weight excluding hydrogens is 426 g/mol. The van der Waals surface area contributed by atoms with E-state index in [-0.39, 0.29) is 0 Å². The second-order valence-corrected chi connectivity index (χ2v) is 10.9. The summed E-state index contributed by atoms with van der Waals surface area (Å²) in [6.07, 6.45) is 13.4. The van der Waals surface area contributed by atoms with E-state index in [1.165, 1.54) is 28.5 Å². The molecule has 0 spiro atoms. The van der Waals surface area contributed by atoms with Crippen molar-refractivity contribution >= 4 is 15.7 Å². The zero-order chi connectivity index (χ0) is 22.8. The van der Waals surface area contributed by atoms with Gasteiger partial charge in [0.25, 0.3) is 0 Å². The fourth-order valence-electron chi connectivity index (χ4n) is 5.50. The Hall–Kier alpha value is -3.11. The monoisotopic (exact) mass is 455 g/mol. The molecular formula is C29H29NO2S. The van der Waals surface area contributed by atoms with Gasteiger partial charge in [-0.05, 0) is 77.0 Å². The number of allylic oxidation sites excluding steroid dienone is 4. The van der Waals surface area contributed by atoms with E-state index in [0.717, 1.165) is 24.8 Å². The molecule has 0 heterocycles. The van der Waals surface area contributed by atoms with Crippen molar-refractivity contribution < 1.29 is 8.42 Å². The fourth-order valence-corrected chi connectivity index (χ4v) is 6.06. The summed E-state index contributed by atoms with van der Waals surface area (Å²) in [5, 5.41) is 0. The third-order valence-corrected chi connectivity index (χ3v) is 7.48. The van der Waals surface area contributed by atoms with E-state index < -0.39 is 10.0 Å². The Morgan fingerprint density at radius 1 is 0.909 bits per heavy atom. The van der Waals surface area contributed by atoms with E-state index in [1.807, 2.05) is 18.2 Å². The van der Waals surface area contributed by atoms with Crippen molar-refractivity contribution in [3.8, 4) is 11.1 Å². The number of fused-ring (bicyclic) bond motifs is 2. The predicted octanol–water partition coefficient (Wildman–Crippen LogP) is 6.36. The molecule has 0 saturated carbocycles. The van der Waals surface area contributed by atoms with Crippen LogP contribution < -0.4 is 4.72 Å². The molecule has 0 fully saturated rings. The fraction of sp³-hybridized carbons (Fsp3) is 0.241. The van der Waals surface area contributed by atoms with Crippen LogP contribution in [0.2, 0.25) is 0 Å². The van der Waals surface area contributed by atoms with Crippen LogP contribution in [0.4, 0.5) is 5.69 Å². The molecule has 3 nitrogen and oxygen atoms in total. The molecule has 4 heteroatoms. The molecule has 2 aliphatic carbocycles. The molecule has 0 amide bonds. The van der Waals surface area contributed by atoms with Crippen molar-refractivity contribution in [2.24, 2.45) is 11.8 Å². The van der Waals surface area contributed by atoms with E-state index in [2.05, 4.69) is 83.6 Å². The van der Waals surface area contributed by atoms with Gasteiger partial charge < -0.3 is 0 Å². The number of hydrogen-bond acceptors (Lipinski definition) is 2. The van der Waals surface area contributed by atoms with Gasteiger partial charge in [-0.1, -0.05) is 85.0 Å². The largest absolute Gasteiger partial charge is 0.284 e. The third kappa shape index (κ3) is 4.81. The average molecular weight is 456 g/mol. The molecule has 2 aliphatic rings. The molecule has 5 rings (SSSR count). The lowest BCUT2D eigenvalue weighted by Gasteiger charge is -2.31. The lowest BCUT2D eigenvalue weighted by molar-refractivity contribution is 0.386. The molecule has 0 bridgehead atoms. The Morgan fingerprint density at radius 3 is 2.52 bits per heavy atom. The van der Waals surface area contributed by atoms with Gasteiger partial charge in [0.05, 0.1) is 6.26 Å². The Kier molecular flexibility index (Phi) is 5.94. The SMILES string of the molecule is CS(=O)(=O)Nc1cccc(CC2c3cccc(-c4ccccc4)c3CCC3C=CC=CC32)c1. The van der Waals surface area contributed by atoms with Crippen LogP contribution in [0, 0.1) is 11.8 Å². The normalized spacial score (nSPS) is 21.7. The van der Waals surface area contributed by atoms with Gasteiger partial charge in [-0.3, -0.25) is 4.72 Å². The van der Waals surface area contributed by atoms with Crippen molar-refractivity contribution in [2.75, 3.05) is 11.0 Å². The lowest BCUT2D eigenvalue weighted by Crippen LogP contribution is -2.21. The summed E-state index contributed by atoms with van der Waals surface area (Å²) in [7, 11) is -3.31. The Balaban J connectivity index is 1.58. The number of rotatable bonds is 5. The zero-order valence-electron chi connectivity index (χ0n) is 18.8. The Morgan fingerprint density at radius 2 is 1.70 bits per heavy atom. The van der Waals surface area contributed by atoms with Crippen molar-refractivity contribution in [1.29, 1.82) is 0 Å². The highest BCUT2D eigenvalue weighted by Gasteiger charge is 2.33. The van der Waals surface area contributed by atoms with Crippen LogP contribution in [0.1, 0.15) is 29.0 Å².